The van der Waals surface area contributed by atoms with E-state index in [1.807, 2.05) is 12.1 Å². The van der Waals surface area contributed by atoms with Gasteiger partial charge in [-0.2, -0.15) is 0 Å². The fraction of sp³-hybridized carbons (Fsp3) is 0.632. The van der Waals surface area contributed by atoms with Gasteiger partial charge in [-0.3, -0.25) is 4.79 Å². The van der Waals surface area contributed by atoms with E-state index in [4.69, 9.17) is 0 Å². The van der Waals surface area contributed by atoms with E-state index in [0.717, 1.165) is 24.5 Å². The van der Waals surface area contributed by atoms with E-state index >= 15 is 0 Å². The Hall–Kier alpha value is -1.79. The SMILES string of the molecule is CC(C)N1CCC(Nc2ccc(NC3CCC(O)NC3=O)cc2)CC1. The maximum Gasteiger partial charge on any atom is 0.244 e. The van der Waals surface area contributed by atoms with Crippen molar-refractivity contribution >= 4 is 17.3 Å². The van der Waals surface area contributed by atoms with Crippen LogP contribution in [-0.2, 0) is 4.79 Å². The molecule has 2 aliphatic heterocycles. The van der Waals surface area contributed by atoms with Crippen LogP contribution in [0.5, 0.6) is 0 Å². The molecule has 3 rings (SSSR count). The van der Waals surface area contributed by atoms with E-state index in [1.54, 1.807) is 0 Å². The first-order valence-corrected chi connectivity index (χ1v) is 9.37. The Bertz CT molecular complexity index is 567. The number of piperidine rings is 2. The van der Waals surface area contributed by atoms with Crippen molar-refractivity contribution in [3.63, 3.8) is 0 Å². The molecule has 6 heteroatoms. The highest BCUT2D eigenvalue weighted by molar-refractivity contribution is 5.85. The number of anilines is 2. The van der Waals surface area contributed by atoms with E-state index in [2.05, 4.69) is 46.8 Å². The first-order chi connectivity index (χ1) is 12.0. The lowest BCUT2D eigenvalue weighted by atomic mass is 10.0. The molecule has 1 aromatic carbocycles. The predicted molar refractivity (Wildman–Crippen MR) is 101 cm³/mol. The molecule has 0 spiro atoms. The molecule has 1 aromatic rings. The molecular weight excluding hydrogens is 316 g/mol. The average molecular weight is 346 g/mol. The molecule has 25 heavy (non-hydrogen) atoms. The van der Waals surface area contributed by atoms with Gasteiger partial charge < -0.3 is 26.0 Å². The van der Waals surface area contributed by atoms with Crippen LogP contribution in [-0.4, -0.2) is 53.4 Å². The van der Waals surface area contributed by atoms with Crippen LogP contribution in [0.25, 0.3) is 0 Å². The molecule has 2 saturated heterocycles. The Morgan fingerprint density at radius 1 is 1.04 bits per heavy atom. The fourth-order valence-electron chi connectivity index (χ4n) is 3.59. The summed E-state index contributed by atoms with van der Waals surface area (Å²) < 4.78 is 0. The number of rotatable bonds is 5. The van der Waals surface area contributed by atoms with Gasteiger partial charge in [0.1, 0.15) is 12.3 Å². The van der Waals surface area contributed by atoms with Gasteiger partial charge in [0.15, 0.2) is 0 Å². The van der Waals surface area contributed by atoms with Crippen molar-refractivity contribution in [3.8, 4) is 0 Å². The van der Waals surface area contributed by atoms with E-state index < -0.39 is 6.23 Å². The molecule has 2 aliphatic rings. The number of nitrogens with one attached hydrogen (secondary N) is 3. The van der Waals surface area contributed by atoms with Gasteiger partial charge in [0.2, 0.25) is 5.91 Å². The van der Waals surface area contributed by atoms with Crippen molar-refractivity contribution < 1.29 is 9.90 Å². The molecule has 2 unspecified atom stereocenters. The molecule has 1 amide bonds. The molecular formula is C19H30N4O2. The molecule has 0 radical (unpaired) electrons. The van der Waals surface area contributed by atoms with E-state index in [0.29, 0.717) is 24.9 Å². The minimum atomic E-state index is -0.709. The predicted octanol–water partition coefficient (Wildman–Crippen LogP) is 1.98. The molecule has 2 atom stereocenters. The number of likely N-dealkylation sites (tertiary alicyclic amines) is 1. The van der Waals surface area contributed by atoms with Crippen LogP contribution < -0.4 is 16.0 Å². The zero-order valence-corrected chi connectivity index (χ0v) is 15.2. The third-order valence-corrected chi connectivity index (χ3v) is 5.21. The first kappa shape index (κ1) is 18.0. The number of aliphatic hydroxyl groups is 1. The highest BCUT2D eigenvalue weighted by Gasteiger charge is 2.26. The van der Waals surface area contributed by atoms with Crippen molar-refractivity contribution in [1.82, 2.24) is 10.2 Å². The lowest BCUT2D eigenvalue weighted by Crippen LogP contribution is -2.49. The van der Waals surface area contributed by atoms with Gasteiger partial charge in [0.05, 0.1) is 0 Å². The summed E-state index contributed by atoms with van der Waals surface area (Å²) in [5.74, 6) is -0.141. The number of carbonyl (C=O) groups excluding carboxylic acids is 1. The van der Waals surface area contributed by atoms with Crippen molar-refractivity contribution in [2.24, 2.45) is 0 Å². The summed E-state index contributed by atoms with van der Waals surface area (Å²) >= 11 is 0. The number of carbonyl (C=O) groups is 1. The summed E-state index contributed by atoms with van der Waals surface area (Å²) in [6, 6.07) is 9.01. The van der Waals surface area contributed by atoms with Gasteiger partial charge >= 0.3 is 0 Å². The summed E-state index contributed by atoms with van der Waals surface area (Å²) in [7, 11) is 0. The number of amides is 1. The van der Waals surface area contributed by atoms with Crippen LogP contribution in [0.15, 0.2) is 24.3 Å². The third-order valence-electron chi connectivity index (χ3n) is 5.21. The van der Waals surface area contributed by atoms with Crippen LogP contribution in [0.3, 0.4) is 0 Å². The quantitative estimate of drug-likeness (QED) is 0.656. The van der Waals surface area contributed by atoms with Gasteiger partial charge in [-0.25, -0.2) is 0 Å². The topological polar surface area (TPSA) is 76.6 Å². The summed E-state index contributed by atoms with van der Waals surface area (Å²) in [4.78, 5) is 14.4. The van der Waals surface area contributed by atoms with Gasteiger partial charge in [-0.15, -0.1) is 0 Å². The number of hydrogen-bond acceptors (Lipinski definition) is 5. The van der Waals surface area contributed by atoms with Gasteiger partial charge in [0.25, 0.3) is 0 Å². The molecule has 138 valence electrons. The third kappa shape index (κ3) is 4.86. The van der Waals surface area contributed by atoms with Crippen molar-refractivity contribution in [1.29, 1.82) is 0 Å². The second kappa shape index (κ2) is 8.06. The standard InChI is InChI=1S/C19H30N4O2/c1-13(2)23-11-9-16(10-12-23)20-14-3-5-15(6-4-14)21-17-7-8-18(24)22-19(17)25/h3-6,13,16-18,20-21,24H,7-12H2,1-2H3,(H,22,25). The van der Waals surface area contributed by atoms with E-state index in [-0.39, 0.29) is 11.9 Å². The first-order valence-electron chi connectivity index (χ1n) is 9.37. The Morgan fingerprint density at radius 3 is 2.20 bits per heavy atom. The molecule has 4 N–H and O–H groups in total. The fourth-order valence-corrected chi connectivity index (χ4v) is 3.59. The number of nitrogens with zero attached hydrogens (tertiary/aromatic N) is 1. The molecule has 2 heterocycles. The zero-order valence-electron chi connectivity index (χ0n) is 15.2. The molecule has 0 bridgehead atoms. The maximum absolute atomic E-state index is 11.9. The van der Waals surface area contributed by atoms with Crippen LogP contribution >= 0.6 is 0 Å². The Kier molecular flexibility index (Phi) is 5.81. The second-order valence-electron chi connectivity index (χ2n) is 7.42. The zero-order chi connectivity index (χ0) is 17.8. The van der Waals surface area contributed by atoms with Gasteiger partial charge in [0, 0.05) is 36.5 Å². The van der Waals surface area contributed by atoms with Crippen molar-refractivity contribution in [3.05, 3.63) is 24.3 Å². The lowest BCUT2D eigenvalue weighted by Gasteiger charge is -2.35. The average Bonchev–Trinajstić information content (AvgIpc) is 2.59. The minimum absolute atomic E-state index is 0.141. The van der Waals surface area contributed by atoms with Gasteiger partial charge in [-0.05, 0) is 63.8 Å². The molecule has 0 aliphatic carbocycles. The second-order valence-corrected chi connectivity index (χ2v) is 7.42. The van der Waals surface area contributed by atoms with Crippen LogP contribution in [0, 0.1) is 0 Å². The monoisotopic (exact) mass is 346 g/mol. The summed E-state index contributed by atoms with van der Waals surface area (Å²) in [6.45, 7) is 6.81. The Balaban J connectivity index is 1.48. The van der Waals surface area contributed by atoms with Crippen molar-refractivity contribution in [2.45, 2.75) is 63.9 Å². The summed E-state index contributed by atoms with van der Waals surface area (Å²) in [6.07, 6.45) is 2.85. The lowest BCUT2D eigenvalue weighted by molar-refractivity contribution is -0.127. The summed E-state index contributed by atoms with van der Waals surface area (Å²) in [5, 5.41) is 18.9. The molecule has 0 aromatic heterocycles. The Morgan fingerprint density at radius 2 is 1.64 bits per heavy atom. The van der Waals surface area contributed by atoms with Crippen LogP contribution in [0.2, 0.25) is 0 Å². The highest BCUT2D eigenvalue weighted by atomic mass is 16.3. The van der Waals surface area contributed by atoms with E-state index in [1.165, 1.54) is 12.8 Å². The summed E-state index contributed by atoms with van der Waals surface area (Å²) in [5.41, 5.74) is 2.05. The number of aliphatic hydroxyl groups excluding tert-OH is 1. The molecule has 6 nitrogen and oxygen atoms in total. The van der Waals surface area contributed by atoms with Gasteiger partial charge in [-0.1, -0.05) is 0 Å². The largest absolute Gasteiger partial charge is 0.382 e. The smallest absolute Gasteiger partial charge is 0.244 e. The normalized spacial score (nSPS) is 25.7. The van der Waals surface area contributed by atoms with Crippen LogP contribution in [0.1, 0.15) is 39.5 Å². The number of hydrogen-bond donors (Lipinski definition) is 4. The molecule has 2 fully saturated rings. The Labute approximate surface area is 150 Å². The number of benzene rings is 1. The highest BCUT2D eigenvalue weighted by Crippen LogP contribution is 2.21. The molecule has 0 saturated carbocycles. The van der Waals surface area contributed by atoms with Crippen LogP contribution in [0.4, 0.5) is 11.4 Å². The minimum Gasteiger partial charge on any atom is -0.382 e. The van der Waals surface area contributed by atoms with E-state index in [9.17, 15) is 9.90 Å². The maximum atomic E-state index is 11.9. The van der Waals surface area contributed by atoms with Crippen molar-refractivity contribution in [2.75, 3.05) is 23.7 Å².